The number of benzene rings is 2. The molecular weight excluding hydrogens is 312 g/mol. The summed E-state index contributed by atoms with van der Waals surface area (Å²) in [6.45, 7) is 0. The van der Waals surface area contributed by atoms with Crippen LogP contribution >= 0.6 is 0 Å². The van der Waals surface area contributed by atoms with E-state index in [9.17, 15) is 4.79 Å². The summed E-state index contributed by atoms with van der Waals surface area (Å²) >= 11 is 0. The van der Waals surface area contributed by atoms with Gasteiger partial charge in [-0.15, -0.1) is 0 Å². The summed E-state index contributed by atoms with van der Waals surface area (Å²) in [5.41, 5.74) is 1.17. The maximum atomic E-state index is 11.6. The Morgan fingerprint density at radius 1 is 1.04 bits per heavy atom. The molecule has 1 N–H and O–H groups in total. The van der Waals surface area contributed by atoms with E-state index in [2.05, 4.69) is 22.4 Å². The van der Waals surface area contributed by atoms with E-state index < -0.39 is 0 Å². The highest BCUT2D eigenvalue weighted by Gasteiger charge is 2.04. The fraction of sp³-hybridized carbons (Fsp3) is 0.143. The molecule has 0 unspecified atom stereocenters. The lowest BCUT2D eigenvalue weighted by Gasteiger charge is -2.08. The minimum Gasteiger partial charge on any atom is -0.496 e. The number of anilines is 1. The van der Waals surface area contributed by atoms with Gasteiger partial charge in [-0.25, -0.2) is 4.98 Å². The van der Waals surface area contributed by atoms with Gasteiger partial charge in [0, 0.05) is 17.8 Å². The van der Waals surface area contributed by atoms with E-state index in [0.29, 0.717) is 12.2 Å². The molecule has 4 nitrogen and oxygen atoms in total. The molecule has 0 aliphatic heterocycles. The van der Waals surface area contributed by atoms with Crippen LogP contribution in [0.4, 0.5) is 5.82 Å². The summed E-state index contributed by atoms with van der Waals surface area (Å²) < 4.78 is 4.97. The molecule has 2 aromatic rings. The molecule has 1 aromatic heterocycles. The Balaban J connectivity index is 0.000000188. The predicted octanol–water partition coefficient (Wildman–Crippen LogP) is 3.95. The molecule has 2 aliphatic carbocycles. The van der Waals surface area contributed by atoms with E-state index in [1.54, 1.807) is 19.4 Å². The largest absolute Gasteiger partial charge is 0.496 e. The smallest absolute Gasteiger partial charge is 0.225 e. The standard InChI is InChI=1S/C14H14N2O.C7H6O/c17-14(16-13-8-4-5-11-15-13)10-9-12-6-2-1-3-7-12;1-8-7-4-5-2-3-6(5)7/h1-8,11H,9-10H2,(H,15,16,17);2-4H,1H3. The number of methoxy groups -OCH3 is 1. The lowest BCUT2D eigenvalue weighted by molar-refractivity contribution is -0.116. The number of ether oxygens (including phenoxy) is 1. The summed E-state index contributed by atoms with van der Waals surface area (Å²) in [6, 6.07) is 21.6. The van der Waals surface area contributed by atoms with Gasteiger partial charge in [-0.05, 0) is 35.4 Å². The first-order valence-corrected chi connectivity index (χ1v) is 8.19. The number of nitrogens with zero attached hydrogens (tertiary/aromatic N) is 1. The second-order valence-corrected chi connectivity index (χ2v) is 5.66. The fourth-order valence-corrected chi connectivity index (χ4v) is 2.47. The molecule has 0 saturated carbocycles. The number of amides is 1. The molecule has 1 amide bonds. The average molecular weight is 332 g/mol. The van der Waals surface area contributed by atoms with Crippen LogP contribution in [0.25, 0.3) is 0 Å². The molecule has 0 fully saturated rings. The number of carbonyl (C=O) groups is 1. The van der Waals surface area contributed by atoms with Crippen LogP contribution in [0, 0.1) is 10.4 Å². The van der Waals surface area contributed by atoms with E-state index in [0.717, 1.165) is 12.2 Å². The molecule has 0 radical (unpaired) electrons. The molecule has 25 heavy (non-hydrogen) atoms. The van der Waals surface area contributed by atoms with Gasteiger partial charge in [0.05, 0.1) is 7.11 Å². The Labute approximate surface area is 146 Å². The van der Waals surface area contributed by atoms with Crippen molar-refractivity contribution in [2.45, 2.75) is 12.8 Å². The zero-order valence-corrected chi connectivity index (χ0v) is 14.1. The summed E-state index contributed by atoms with van der Waals surface area (Å²) in [5, 5.41) is 5.38. The number of nitrogens with one attached hydrogen (secondary N) is 1. The number of carbonyl (C=O) groups excluding carboxylic acids is 1. The number of hydrogen-bond donors (Lipinski definition) is 1. The fourth-order valence-electron chi connectivity index (χ4n) is 2.47. The minimum absolute atomic E-state index is 0.00690. The Hall–Kier alpha value is -3.14. The van der Waals surface area contributed by atoms with E-state index in [-0.39, 0.29) is 5.91 Å². The highest BCUT2D eigenvalue weighted by atomic mass is 16.5. The van der Waals surface area contributed by atoms with E-state index in [1.165, 1.54) is 16.0 Å². The zero-order chi connectivity index (χ0) is 17.5. The van der Waals surface area contributed by atoms with Crippen molar-refractivity contribution < 1.29 is 9.53 Å². The Bertz CT molecular complexity index is 925. The van der Waals surface area contributed by atoms with Crippen LogP contribution < -0.4 is 10.1 Å². The van der Waals surface area contributed by atoms with Gasteiger partial charge >= 0.3 is 0 Å². The van der Waals surface area contributed by atoms with Crippen LogP contribution in [0.15, 0.2) is 72.9 Å². The molecule has 2 aliphatic rings. The van der Waals surface area contributed by atoms with Gasteiger partial charge in [0.15, 0.2) is 0 Å². The van der Waals surface area contributed by atoms with Crippen LogP contribution in [0.3, 0.4) is 0 Å². The maximum Gasteiger partial charge on any atom is 0.225 e. The van der Waals surface area contributed by atoms with Gasteiger partial charge in [0.25, 0.3) is 0 Å². The van der Waals surface area contributed by atoms with Gasteiger partial charge < -0.3 is 10.1 Å². The van der Waals surface area contributed by atoms with E-state index in [4.69, 9.17) is 4.74 Å². The van der Waals surface area contributed by atoms with Crippen molar-refractivity contribution in [1.29, 1.82) is 0 Å². The minimum atomic E-state index is -0.00690. The number of rotatable bonds is 5. The third-order valence-electron chi connectivity index (χ3n) is 3.93. The first-order valence-electron chi connectivity index (χ1n) is 8.19. The molecule has 1 aromatic carbocycles. The Morgan fingerprint density at radius 3 is 2.36 bits per heavy atom. The second kappa shape index (κ2) is 8.11. The SMILES string of the molecule is COc1cc2ccc1=2.O=C(CCc1ccccc1)Nc1ccccn1. The molecule has 0 bridgehead atoms. The lowest BCUT2D eigenvalue weighted by atomic mass is 10.1. The molecule has 4 heteroatoms. The van der Waals surface area contributed by atoms with Gasteiger partial charge in [-0.3, -0.25) is 4.79 Å². The molecule has 126 valence electrons. The molecule has 0 spiro atoms. The predicted molar refractivity (Wildman–Crippen MR) is 98.3 cm³/mol. The Kier molecular flexibility index (Phi) is 5.42. The van der Waals surface area contributed by atoms with Crippen LogP contribution in [0.5, 0.6) is 5.75 Å². The van der Waals surface area contributed by atoms with Crippen LogP contribution in [-0.4, -0.2) is 18.0 Å². The number of hydrogen-bond acceptors (Lipinski definition) is 3. The zero-order valence-electron chi connectivity index (χ0n) is 14.1. The van der Waals surface area contributed by atoms with Gasteiger partial charge in [0.2, 0.25) is 5.91 Å². The van der Waals surface area contributed by atoms with Crippen molar-refractivity contribution >= 4 is 11.7 Å². The third kappa shape index (κ3) is 4.44. The van der Waals surface area contributed by atoms with Crippen LogP contribution in [0.1, 0.15) is 12.0 Å². The summed E-state index contributed by atoms with van der Waals surface area (Å²) in [6.07, 6.45) is 2.88. The van der Waals surface area contributed by atoms with Gasteiger partial charge in [-0.1, -0.05) is 48.5 Å². The molecule has 0 saturated heterocycles. The average Bonchev–Trinajstić information content (AvgIpc) is 2.64. The summed E-state index contributed by atoms with van der Waals surface area (Å²) in [4.78, 5) is 15.7. The first kappa shape index (κ1) is 16.7. The molecular formula is C21H20N2O2. The Morgan fingerprint density at radius 2 is 1.84 bits per heavy atom. The second-order valence-electron chi connectivity index (χ2n) is 5.66. The highest BCUT2D eigenvalue weighted by molar-refractivity contribution is 5.89. The quantitative estimate of drug-likeness (QED) is 0.602. The van der Waals surface area contributed by atoms with Crippen LogP contribution in [-0.2, 0) is 11.2 Å². The summed E-state index contributed by atoms with van der Waals surface area (Å²) in [5.74, 6) is 1.63. The van der Waals surface area contributed by atoms with E-state index in [1.807, 2.05) is 48.5 Å². The number of aryl methyl sites for hydroxylation is 1. The molecule has 1 heterocycles. The van der Waals surface area contributed by atoms with Crippen molar-refractivity contribution in [3.63, 3.8) is 0 Å². The molecule has 4 rings (SSSR count). The van der Waals surface area contributed by atoms with Crippen molar-refractivity contribution in [2.24, 2.45) is 0 Å². The van der Waals surface area contributed by atoms with Gasteiger partial charge in [-0.2, -0.15) is 0 Å². The normalized spacial score (nSPS) is 10.3. The van der Waals surface area contributed by atoms with Gasteiger partial charge in [0.1, 0.15) is 11.6 Å². The van der Waals surface area contributed by atoms with Crippen molar-refractivity contribution in [3.05, 3.63) is 88.9 Å². The maximum absolute atomic E-state index is 11.6. The topological polar surface area (TPSA) is 51.2 Å². The summed E-state index contributed by atoms with van der Waals surface area (Å²) in [7, 11) is 1.70. The van der Waals surface area contributed by atoms with E-state index >= 15 is 0 Å². The van der Waals surface area contributed by atoms with Crippen molar-refractivity contribution in [1.82, 2.24) is 4.98 Å². The third-order valence-corrected chi connectivity index (χ3v) is 3.93. The van der Waals surface area contributed by atoms with Crippen LogP contribution in [0.2, 0.25) is 0 Å². The monoisotopic (exact) mass is 332 g/mol. The number of pyridine rings is 1. The number of aromatic nitrogens is 1. The molecule has 0 atom stereocenters. The lowest BCUT2D eigenvalue weighted by Crippen LogP contribution is -2.13. The first-order chi connectivity index (χ1) is 12.3. The van der Waals surface area contributed by atoms with Crippen molar-refractivity contribution in [3.8, 4) is 5.75 Å². The van der Waals surface area contributed by atoms with Crippen molar-refractivity contribution in [2.75, 3.05) is 12.4 Å². The highest BCUT2D eigenvalue weighted by Crippen LogP contribution is 2.22.